The van der Waals surface area contributed by atoms with E-state index in [1.54, 1.807) is 0 Å². The maximum atomic E-state index is 5.48. The van der Waals surface area contributed by atoms with E-state index < -0.39 is 0 Å². The molecule has 0 aromatic carbocycles. The van der Waals surface area contributed by atoms with Gasteiger partial charge in [0.15, 0.2) is 0 Å². The molecule has 2 heteroatoms. The molecule has 12 heavy (non-hydrogen) atoms. The summed E-state index contributed by atoms with van der Waals surface area (Å²) in [4.78, 5) is 0. The van der Waals surface area contributed by atoms with Gasteiger partial charge in [-0.2, -0.15) is 12.6 Å². The van der Waals surface area contributed by atoms with E-state index in [0.29, 0.717) is 5.41 Å². The van der Waals surface area contributed by atoms with Crippen LogP contribution in [0.25, 0.3) is 0 Å². The average molecular weight is 190 g/mol. The Hall–Kier alpha value is 0.310. The molecule has 0 bridgehead atoms. The third kappa shape index (κ3) is 10.3. The number of hydrogen-bond acceptors (Lipinski definition) is 2. The van der Waals surface area contributed by atoms with Crippen molar-refractivity contribution in [3.63, 3.8) is 0 Å². The van der Waals surface area contributed by atoms with Crippen molar-refractivity contribution in [2.75, 3.05) is 19.0 Å². The minimum absolute atomic E-state index is 0.406. The minimum atomic E-state index is 0.406. The van der Waals surface area contributed by atoms with Gasteiger partial charge in [0.25, 0.3) is 0 Å². The van der Waals surface area contributed by atoms with Gasteiger partial charge in [0.05, 0.1) is 0 Å². The highest BCUT2D eigenvalue weighted by molar-refractivity contribution is 7.80. The van der Waals surface area contributed by atoms with Crippen LogP contribution in [0.15, 0.2) is 0 Å². The monoisotopic (exact) mass is 190 g/mol. The van der Waals surface area contributed by atoms with Crippen LogP contribution in [0.3, 0.4) is 0 Å². The molecule has 0 N–H and O–H groups in total. The minimum Gasteiger partial charge on any atom is -0.381 e. The zero-order chi connectivity index (χ0) is 9.45. The highest BCUT2D eigenvalue weighted by Crippen LogP contribution is 2.17. The van der Waals surface area contributed by atoms with Crippen LogP contribution in [0, 0.1) is 5.41 Å². The van der Waals surface area contributed by atoms with E-state index in [1.807, 2.05) is 0 Å². The number of rotatable bonds is 6. The second-order valence-electron chi connectivity index (χ2n) is 4.35. The summed E-state index contributed by atoms with van der Waals surface area (Å²) in [7, 11) is 0. The first-order chi connectivity index (χ1) is 5.56. The van der Waals surface area contributed by atoms with Gasteiger partial charge in [-0.3, -0.25) is 0 Å². The lowest BCUT2D eigenvalue weighted by molar-refractivity contribution is 0.106. The summed E-state index contributed by atoms with van der Waals surface area (Å²) in [5, 5.41) is 0. The van der Waals surface area contributed by atoms with E-state index in [0.717, 1.165) is 31.8 Å². The molecule has 0 aliphatic carbocycles. The Morgan fingerprint density at radius 2 is 1.75 bits per heavy atom. The summed E-state index contributed by atoms with van der Waals surface area (Å²) in [6.07, 6.45) is 3.46. The molecule has 0 heterocycles. The van der Waals surface area contributed by atoms with Crippen LogP contribution in [0.1, 0.15) is 40.0 Å². The van der Waals surface area contributed by atoms with E-state index in [2.05, 4.69) is 33.4 Å². The van der Waals surface area contributed by atoms with Crippen LogP contribution < -0.4 is 0 Å². The Balaban J connectivity index is 3.01. The molecule has 0 saturated carbocycles. The lowest BCUT2D eigenvalue weighted by Gasteiger charge is -2.17. The summed E-state index contributed by atoms with van der Waals surface area (Å²) in [5.74, 6) is 0.975. The van der Waals surface area contributed by atoms with Gasteiger partial charge >= 0.3 is 0 Å². The van der Waals surface area contributed by atoms with Gasteiger partial charge in [-0.25, -0.2) is 0 Å². The molecule has 0 rings (SSSR count). The van der Waals surface area contributed by atoms with Crippen molar-refractivity contribution in [2.45, 2.75) is 40.0 Å². The largest absolute Gasteiger partial charge is 0.381 e. The standard InChI is InChI=1S/C10H22OS/c1-10(2,3)6-8-11-7-4-5-9-12/h12H,4-9H2,1-3H3. The third-order valence-electron chi connectivity index (χ3n) is 1.69. The Bertz CT molecular complexity index is 96.5. The molecule has 0 amide bonds. The molecule has 0 spiro atoms. The molecule has 0 aromatic heterocycles. The fourth-order valence-corrected chi connectivity index (χ4v) is 1.02. The Morgan fingerprint density at radius 3 is 2.25 bits per heavy atom. The topological polar surface area (TPSA) is 9.23 Å². The van der Waals surface area contributed by atoms with E-state index in [4.69, 9.17) is 4.74 Å². The predicted molar refractivity (Wildman–Crippen MR) is 58.0 cm³/mol. The van der Waals surface area contributed by atoms with Crippen molar-refractivity contribution < 1.29 is 4.74 Å². The number of ether oxygens (including phenoxy) is 1. The fourth-order valence-electron chi connectivity index (χ4n) is 0.796. The lowest BCUT2D eigenvalue weighted by Crippen LogP contribution is -2.10. The van der Waals surface area contributed by atoms with E-state index in [-0.39, 0.29) is 0 Å². The molecule has 74 valence electrons. The molecule has 1 nitrogen and oxygen atoms in total. The van der Waals surface area contributed by atoms with Crippen molar-refractivity contribution in [2.24, 2.45) is 5.41 Å². The lowest BCUT2D eigenvalue weighted by atomic mass is 9.93. The Morgan fingerprint density at radius 1 is 1.08 bits per heavy atom. The van der Waals surface area contributed by atoms with Gasteiger partial charge < -0.3 is 4.74 Å². The van der Waals surface area contributed by atoms with Gasteiger partial charge in [0.1, 0.15) is 0 Å². The first-order valence-corrected chi connectivity index (χ1v) is 5.38. The van der Waals surface area contributed by atoms with E-state index >= 15 is 0 Å². The summed E-state index contributed by atoms with van der Waals surface area (Å²) in [6.45, 7) is 8.52. The van der Waals surface area contributed by atoms with Crippen molar-refractivity contribution in [3.05, 3.63) is 0 Å². The van der Waals surface area contributed by atoms with Crippen LogP contribution in [-0.4, -0.2) is 19.0 Å². The number of thiol groups is 1. The fraction of sp³-hybridized carbons (Fsp3) is 1.00. The number of hydrogen-bond donors (Lipinski definition) is 1. The van der Waals surface area contributed by atoms with Gasteiger partial charge in [-0.15, -0.1) is 0 Å². The maximum absolute atomic E-state index is 5.48. The molecule has 0 aliphatic rings. The van der Waals surface area contributed by atoms with Crippen LogP contribution >= 0.6 is 12.6 Å². The predicted octanol–water partition coefficient (Wildman–Crippen LogP) is 3.15. The molecule has 0 atom stereocenters. The molecule has 0 aliphatic heterocycles. The molecular formula is C10H22OS. The third-order valence-corrected chi connectivity index (χ3v) is 2.01. The molecule has 0 saturated heterocycles. The smallest absolute Gasteiger partial charge is 0.0471 e. The normalized spacial score (nSPS) is 12.0. The van der Waals surface area contributed by atoms with E-state index in [1.165, 1.54) is 6.42 Å². The van der Waals surface area contributed by atoms with Gasteiger partial charge in [-0.05, 0) is 30.4 Å². The Labute approximate surface area is 82.3 Å². The van der Waals surface area contributed by atoms with Crippen LogP contribution in [0.2, 0.25) is 0 Å². The first kappa shape index (κ1) is 12.3. The first-order valence-electron chi connectivity index (χ1n) is 4.75. The maximum Gasteiger partial charge on any atom is 0.0471 e. The van der Waals surface area contributed by atoms with E-state index in [9.17, 15) is 0 Å². The highest BCUT2D eigenvalue weighted by Gasteiger charge is 2.08. The number of unbranched alkanes of at least 4 members (excludes halogenated alkanes) is 1. The van der Waals surface area contributed by atoms with Gasteiger partial charge in [0.2, 0.25) is 0 Å². The molecule has 0 aromatic rings. The van der Waals surface area contributed by atoms with Crippen molar-refractivity contribution >= 4 is 12.6 Å². The second kappa shape index (κ2) is 6.79. The van der Waals surface area contributed by atoms with Gasteiger partial charge in [0, 0.05) is 13.2 Å². The van der Waals surface area contributed by atoms with Crippen LogP contribution in [0.5, 0.6) is 0 Å². The quantitative estimate of drug-likeness (QED) is 0.500. The molecule has 0 unspecified atom stereocenters. The van der Waals surface area contributed by atoms with Crippen molar-refractivity contribution in [1.29, 1.82) is 0 Å². The summed E-state index contributed by atoms with van der Waals surface area (Å²) in [5.41, 5.74) is 0.406. The molecule has 0 radical (unpaired) electrons. The SMILES string of the molecule is CC(C)(C)CCOCCCCS. The van der Waals surface area contributed by atoms with Crippen LogP contribution in [-0.2, 0) is 4.74 Å². The average Bonchev–Trinajstić information content (AvgIpc) is 1.94. The zero-order valence-corrected chi connectivity index (χ0v) is 9.49. The molecular weight excluding hydrogens is 168 g/mol. The highest BCUT2D eigenvalue weighted by atomic mass is 32.1. The summed E-state index contributed by atoms with van der Waals surface area (Å²) >= 11 is 4.14. The van der Waals surface area contributed by atoms with Crippen molar-refractivity contribution in [1.82, 2.24) is 0 Å². The van der Waals surface area contributed by atoms with Crippen molar-refractivity contribution in [3.8, 4) is 0 Å². The summed E-state index contributed by atoms with van der Waals surface area (Å²) < 4.78 is 5.48. The van der Waals surface area contributed by atoms with Gasteiger partial charge in [-0.1, -0.05) is 20.8 Å². The Kier molecular flexibility index (Phi) is 6.96. The second-order valence-corrected chi connectivity index (χ2v) is 4.80. The zero-order valence-electron chi connectivity index (χ0n) is 8.60. The summed E-state index contributed by atoms with van der Waals surface area (Å²) in [6, 6.07) is 0. The molecule has 0 fully saturated rings. The van der Waals surface area contributed by atoms with Crippen LogP contribution in [0.4, 0.5) is 0 Å².